The van der Waals surface area contributed by atoms with Crippen LogP contribution >= 0.6 is 11.6 Å². The summed E-state index contributed by atoms with van der Waals surface area (Å²) >= 11 is 5.65. The Labute approximate surface area is 79.6 Å². The van der Waals surface area contributed by atoms with Crippen molar-refractivity contribution < 1.29 is 0 Å². The van der Waals surface area contributed by atoms with Gasteiger partial charge in [-0.05, 0) is 19.1 Å². The van der Waals surface area contributed by atoms with E-state index in [0.717, 1.165) is 5.69 Å². The zero-order valence-corrected chi connectivity index (χ0v) is 7.75. The molecule has 0 aliphatic rings. The molecule has 0 amide bonds. The Morgan fingerprint density at radius 3 is 3.00 bits per heavy atom. The Hall–Kier alpha value is -1.35. The van der Waals surface area contributed by atoms with Crippen LogP contribution in [0, 0.1) is 6.92 Å². The van der Waals surface area contributed by atoms with Gasteiger partial charge in [-0.1, -0.05) is 17.7 Å². The van der Waals surface area contributed by atoms with Crippen molar-refractivity contribution >= 4 is 17.2 Å². The van der Waals surface area contributed by atoms with E-state index in [1.165, 1.54) is 10.5 Å². The molecule has 0 aromatic carbocycles. The predicted molar refractivity (Wildman–Crippen MR) is 51.2 cm³/mol. The minimum Gasteiger partial charge on any atom is -0.269 e. The third kappa shape index (κ3) is 1.31. The normalized spacial score (nSPS) is 10.6. The van der Waals surface area contributed by atoms with Gasteiger partial charge in [0.15, 0.2) is 0 Å². The average Bonchev–Trinajstić information content (AvgIpc) is 2.02. The lowest BCUT2D eigenvalue weighted by Gasteiger charge is -2.02. The molecule has 2 aromatic rings. The minimum absolute atomic E-state index is 0.145. The number of fused-ring (bicyclic) bond motifs is 1. The van der Waals surface area contributed by atoms with Crippen LogP contribution in [0.4, 0.5) is 0 Å². The molecule has 0 radical (unpaired) electrons. The van der Waals surface area contributed by atoms with E-state index < -0.39 is 0 Å². The first-order valence-electron chi connectivity index (χ1n) is 3.83. The summed E-state index contributed by atoms with van der Waals surface area (Å²) in [5.74, 6) is 0. The zero-order chi connectivity index (χ0) is 9.42. The van der Waals surface area contributed by atoms with Crippen molar-refractivity contribution in [2.75, 3.05) is 0 Å². The molecule has 2 heterocycles. The first-order chi connectivity index (χ1) is 6.18. The maximum absolute atomic E-state index is 11.5. The van der Waals surface area contributed by atoms with Gasteiger partial charge in [-0.25, -0.2) is 4.98 Å². The molecule has 0 fully saturated rings. The number of hydrogen-bond acceptors (Lipinski definition) is 2. The summed E-state index contributed by atoms with van der Waals surface area (Å²) in [6, 6.07) is 6.75. The molecule has 3 nitrogen and oxygen atoms in total. The van der Waals surface area contributed by atoms with Gasteiger partial charge in [-0.15, -0.1) is 0 Å². The van der Waals surface area contributed by atoms with Crippen LogP contribution in [0.1, 0.15) is 5.69 Å². The third-order valence-electron chi connectivity index (χ3n) is 1.85. The molecule has 0 unspecified atom stereocenters. The van der Waals surface area contributed by atoms with Crippen molar-refractivity contribution in [1.82, 2.24) is 9.38 Å². The van der Waals surface area contributed by atoms with Gasteiger partial charge in [0.2, 0.25) is 0 Å². The van der Waals surface area contributed by atoms with Crippen molar-refractivity contribution in [3.63, 3.8) is 0 Å². The monoisotopic (exact) mass is 194 g/mol. The highest BCUT2D eigenvalue weighted by Gasteiger charge is 2.00. The molecule has 0 atom stereocenters. The van der Waals surface area contributed by atoms with E-state index in [4.69, 9.17) is 11.6 Å². The van der Waals surface area contributed by atoms with Gasteiger partial charge in [0.1, 0.15) is 10.8 Å². The predicted octanol–water partition coefficient (Wildman–Crippen LogP) is 1.66. The fraction of sp³-hybridized carbons (Fsp3) is 0.111. The van der Waals surface area contributed by atoms with Crippen molar-refractivity contribution in [2.24, 2.45) is 0 Å². The summed E-state index contributed by atoms with van der Waals surface area (Å²) in [4.78, 5) is 15.5. The topological polar surface area (TPSA) is 34.4 Å². The Balaban J connectivity index is 3.03. The van der Waals surface area contributed by atoms with E-state index >= 15 is 0 Å². The molecule has 0 aliphatic carbocycles. The second-order valence-corrected chi connectivity index (χ2v) is 3.17. The highest BCUT2D eigenvalue weighted by molar-refractivity contribution is 6.29. The third-order valence-corrected chi connectivity index (χ3v) is 2.04. The molecule has 0 bridgehead atoms. The zero-order valence-electron chi connectivity index (χ0n) is 6.99. The van der Waals surface area contributed by atoms with Crippen LogP contribution in [0.2, 0.25) is 5.15 Å². The lowest BCUT2D eigenvalue weighted by molar-refractivity contribution is 0.991. The molecule has 0 aliphatic heterocycles. The first kappa shape index (κ1) is 8.26. The van der Waals surface area contributed by atoms with Gasteiger partial charge in [-0.2, -0.15) is 0 Å². The van der Waals surface area contributed by atoms with E-state index in [2.05, 4.69) is 4.98 Å². The smallest absolute Gasteiger partial charge is 0.259 e. The highest BCUT2D eigenvalue weighted by Crippen LogP contribution is 2.05. The number of hydrogen-bond donors (Lipinski definition) is 0. The fourth-order valence-corrected chi connectivity index (χ4v) is 1.47. The van der Waals surface area contributed by atoms with Crippen LogP contribution in [-0.2, 0) is 0 Å². The number of rotatable bonds is 0. The van der Waals surface area contributed by atoms with Gasteiger partial charge in [0, 0.05) is 11.8 Å². The SMILES string of the molecule is Cc1cccc2nc(Cl)cc(=O)n12. The number of halogens is 1. The Morgan fingerprint density at radius 1 is 1.46 bits per heavy atom. The van der Waals surface area contributed by atoms with Crippen LogP contribution < -0.4 is 5.56 Å². The van der Waals surface area contributed by atoms with E-state index in [-0.39, 0.29) is 10.7 Å². The molecule has 0 N–H and O–H groups in total. The molecular weight excluding hydrogens is 188 g/mol. The van der Waals surface area contributed by atoms with Gasteiger partial charge in [0.25, 0.3) is 5.56 Å². The van der Waals surface area contributed by atoms with E-state index in [1.807, 2.05) is 19.1 Å². The molecule has 66 valence electrons. The van der Waals surface area contributed by atoms with E-state index in [9.17, 15) is 4.79 Å². The van der Waals surface area contributed by atoms with Crippen LogP contribution in [-0.4, -0.2) is 9.38 Å². The second-order valence-electron chi connectivity index (χ2n) is 2.78. The summed E-state index contributed by atoms with van der Waals surface area (Å²) in [5.41, 5.74) is 1.29. The average molecular weight is 195 g/mol. The maximum atomic E-state index is 11.5. The molecule has 13 heavy (non-hydrogen) atoms. The van der Waals surface area contributed by atoms with Crippen LogP contribution in [0.15, 0.2) is 29.1 Å². The number of pyridine rings is 1. The molecule has 4 heteroatoms. The standard InChI is InChI=1S/C9H7ClN2O/c1-6-3-2-4-8-11-7(10)5-9(13)12(6)8/h2-5H,1H3. The number of aryl methyl sites for hydroxylation is 1. The van der Waals surface area contributed by atoms with Gasteiger partial charge < -0.3 is 0 Å². The van der Waals surface area contributed by atoms with E-state index in [1.54, 1.807) is 6.07 Å². The quantitative estimate of drug-likeness (QED) is 0.598. The largest absolute Gasteiger partial charge is 0.269 e. The Morgan fingerprint density at radius 2 is 2.23 bits per heavy atom. The fourth-order valence-electron chi connectivity index (χ4n) is 1.29. The van der Waals surface area contributed by atoms with Crippen molar-refractivity contribution in [3.8, 4) is 0 Å². The first-order valence-corrected chi connectivity index (χ1v) is 4.21. The summed E-state index contributed by atoms with van der Waals surface area (Å²) in [6.45, 7) is 1.85. The molecule has 2 rings (SSSR count). The number of aromatic nitrogens is 2. The molecule has 0 saturated carbocycles. The van der Waals surface area contributed by atoms with Crippen LogP contribution in [0.5, 0.6) is 0 Å². The van der Waals surface area contributed by atoms with Crippen molar-refractivity contribution in [2.45, 2.75) is 6.92 Å². The lowest BCUT2D eigenvalue weighted by atomic mass is 10.3. The number of nitrogens with zero attached hydrogens (tertiary/aromatic N) is 2. The summed E-state index contributed by atoms with van der Waals surface area (Å²) in [6.07, 6.45) is 0. The highest BCUT2D eigenvalue weighted by atomic mass is 35.5. The van der Waals surface area contributed by atoms with Crippen LogP contribution in [0.25, 0.3) is 5.65 Å². The minimum atomic E-state index is -0.145. The van der Waals surface area contributed by atoms with E-state index in [0.29, 0.717) is 5.65 Å². The maximum Gasteiger partial charge on any atom is 0.259 e. The van der Waals surface area contributed by atoms with Gasteiger partial charge in [-0.3, -0.25) is 9.20 Å². The molecule has 0 spiro atoms. The van der Waals surface area contributed by atoms with Gasteiger partial charge >= 0.3 is 0 Å². The Kier molecular flexibility index (Phi) is 1.81. The lowest BCUT2D eigenvalue weighted by Crippen LogP contribution is -2.15. The molecular formula is C9H7ClN2O. The summed E-state index contributed by atoms with van der Waals surface area (Å²) in [7, 11) is 0. The van der Waals surface area contributed by atoms with Crippen molar-refractivity contribution in [1.29, 1.82) is 0 Å². The second kappa shape index (κ2) is 2.85. The molecule has 2 aromatic heterocycles. The Bertz CT molecular complexity index is 518. The molecule has 0 saturated heterocycles. The summed E-state index contributed by atoms with van der Waals surface area (Å²) < 4.78 is 1.52. The van der Waals surface area contributed by atoms with Crippen molar-refractivity contribution in [3.05, 3.63) is 45.5 Å². The van der Waals surface area contributed by atoms with Gasteiger partial charge in [0.05, 0.1) is 0 Å². The van der Waals surface area contributed by atoms with Crippen LogP contribution in [0.3, 0.4) is 0 Å². The summed E-state index contributed by atoms with van der Waals surface area (Å²) in [5, 5.41) is 0.232.